The van der Waals surface area contributed by atoms with Crippen LogP contribution in [0.3, 0.4) is 0 Å². The number of aryl methyl sites for hydroxylation is 1. The summed E-state index contributed by atoms with van der Waals surface area (Å²) < 4.78 is 29.9. The molecular weight excluding hydrogens is 731 g/mol. The van der Waals surface area contributed by atoms with Gasteiger partial charge >= 0.3 is 0 Å². The van der Waals surface area contributed by atoms with Crippen molar-refractivity contribution in [3.63, 3.8) is 0 Å². The molecule has 4 aromatic heterocycles. The number of hydrogen-bond donors (Lipinski definition) is 1. The first kappa shape index (κ1) is 39.8. The molecule has 6 rings (SSSR count). The molecule has 4 atom stereocenters. The van der Waals surface area contributed by atoms with Gasteiger partial charge < -0.3 is 28.4 Å². The molecule has 0 radical (unpaired) electrons. The van der Waals surface area contributed by atoms with Crippen molar-refractivity contribution >= 4 is 45.2 Å². The van der Waals surface area contributed by atoms with Gasteiger partial charge in [0.25, 0.3) is 0 Å². The standard InChI is InChI=1S/C40H53N7O4SSi2/c1-26-30(33(49-46-26)28-15-13-12-14-16-28)23-52-24-31-34(50-53(8,9)39(2,3)4)35(51-54(10,11)40(5,6)7)38(48-31)47-22-29(18-17-27-19-20-44-45-21-27)32-36(41)42-25-43-37(32)47/h12-16,19-22,25,31,34-35,38H,23-24H2,1-11H3,(H2,41,42,43)/t31-,34-,35-,38-/m1/s1. The zero-order valence-electron chi connectivity index (χ0n) is 33.3. The lowest BCUT2D eigenvalue weighted by Crippen LogP contribution is -2.53. The Labute approximate surface area is 325 Å². The molecule has 1 aromatic carbocycles. The Balaban J connectivity index is 1.43. The molecule has 0 bridgehead atoms. The van der Waals surface area contributed by atoms with Gasteiger partial charge in [-0.05, 0) is 49.3 Å². The molecule has 0 unspecified atom stereocenters. The van der Waals surface area contributed by atoms with Crippen molar-refractivity contribution < 1.29 is 18.1 Å². The van der Waals surface area contributed by atoms with Crippen LogP contribution >= 0.6 is 11.8 Å². The van der Waals surface area contributed by atoms with Gasteiger partial charge in [-0.2, -0.15) is 22.0 Å². The molecule has 5 heterocycles. The highest BCUT2D eigenvalue weighted by Gasteiger charge is 2.54. The molecule has 54 heavy (non-hydrogen) atoms. The summed E-state index contributed by atoms with van der Waals surface area (Å²) in [4.78, 5) is 9.10. The third-order valence-electron chi connectivity index (χ3n) is 11.1. The summed E-state index contributed by atoms with van der Waals surface area (Å²) in [5, 5.41) is 12.8. The second-order valence-electron chi connectivity index (χ2n) is 17.0. The largest absolute Gasteiger partial charge is 0.408 e. The van der Waals surface area contributed by atoms with Crippen LogP contribution in [0.5, 0.6) is 0 Å². The van der Waals surface area contributed by atoms with Gasteiger partial charge in [0.1, 0.15) is 30.0 Å². The number of nitrogen functional groups attached to an aromatic ring is 1. The van der Waals surface area contributed by atoms with Crippen LogP contribution in [0.1, 0.15) is 70.2 Å². The van der Waals surface area contributed by atoms with Crippen molar-refractivity contribution in [2.75, 3.05) is 11.5 Å². The molecule has 0 spiro atoms. The molecule has 1 aliphatic rings. The summed E-state index contributed by atoms with van der Waals surface area (Å²) in [5.41, 5.74) is 11.5. The predicted octanol–water partition coefficient (Wildman–Crippen LogP) is 8.78. The highest BCUT2D eigenvalue weighted by molar-refractivity contribution is 7.98. The molecule has 14 heteroatoms. The number of ether oxygens (including phenoxy) is 1. The van der Waals surface area contributed by atoms with Gasteiger partial charge in [-0.15, -0.1) is 0 Å². The number of nitrogens with two attached hydrogens (primary N) is 1. The van der Waals surface area contributed by atoms with Gasteiger partial charge in [-0.1, -0.05) is 88.9 Å². The molecule has 0 amide bonds. The molecule has 286 valence electrons. The summed E-state index contributed by atoms with van der Waals surface area (Å²) in [6.07, 6.45) is 5.01. The van der Waals surface area contributed by atoms with Crippen molar-refractivity contribution in [3.05, 3.63) is 83.7 Å². The van der Waals surface area contributed by atoms with E-state index in [0.717, 1.165) is 28.1 Å². The van der Waals surface area contributed by atoms with Crippen LogP contribution in [0.4, 0.5) is 5.82 Å². The summed E-state index contributed by atoms with van der Waals surface area (Å²) in [7, 11) is -4.71. The molecule has 2 N–H and O–H groups in total. The minimum Gasteiger partial charge on any atom is -0.408 e. The molecule has 1 aliphatic heterocycles. The maximum absolute atomic E-state index is 7.43. The number of fused-ring (bicyclic) bond motifs is 1. The molecular formula is C40H53N7O4SSi2. The Morgan fingerprint density at radius 3 is 2.24 bits per heavy atom. The number of hydrogen-bond acceptors (Lipinski definition) is 11. The van der Waals surface area contributed by atoms with E-state index in [0.29, 0.717) is 33.9 Å². The minimum absolute atomic E-state index is 0.0408. The average Bonchev–Trinajstić information content (AvgIpc) is 3.77. The van der Waals surface area contributed by atoms with Gasteiger partial charge in [-0.25, -0.2) is 9.97 Å². The maximum atomic E-state index is 7.43. The Morgan fingerprint density at radius 2 is 1.59 bits per heavy atom. The first-order valence-corrected chi connectivity index (χ1v) is 25.3. The van der Waals surface area contributed by atoms with Gasteiger partial charge in [0, 0.05) is 34.4 Å². The zero-order chi connectivity index (χ0) is 39.1. The van der Waals surface area contributed by atoms with E-state index in [4.69, 9.17) is 28.8 Å². The number of nitrogens with zero attached hydrogens (tertiary/aromatic N) is 6. The van der Waals surface area contributed by atoms with Crippen molar-refractivity contribution in [3.8, 4) is 23.2 Å². The first-order valence-electron chi connectivity index (χ1n) is 18.4. The third-order valence-corrected chi connectivity index (χ3v) is 21.2. The van der Waals surface area contributed by atoms with E-state index in [2.05, 4.69) is 112 Å². The lowest BCUT2D eigenvalue weighted by molar-refractivity contribution is -0.0244. The minimum atomic E-state index is -2.38. The zero-order valence-corrected chi connectivity index (χ0v) is 36.1. The van der Waals surface area contributed by atoms with E-state index in [9.17, 15) is 0 Å². The van der Waals surface area contributed by atoms with Gasteiger partial charge in [0.05, 0.1) is 35.1 Å². The molecule has 0 saturated carbocycles. The van der Waals surface area contributed by atoms with E-state index in [-0.39, 0.29) is 22.3 Å². The fraction of sp³-hybridized carbons (Fsp3) is 0.475. The van der Waals surface area contributed by atoms with Crippen LogP contribution < -0.4 is 5.73 Å². The van der Waals surface area contributed by atoms with Gasteiger partial charge in [0.2, 0.25) is 0 Å². The van der Waals surface area contributed by atoms with E-state index >= 15 is 0 Å². The quantitative estimate of drug-likeness (QED) is 0.108. The van der Waals surface area contributed by atoms with E-state index in [1.165, 1.54) is 6.33 Å². The predicted molar refractivity (Wildman–Crippen MR) is 221 cm³/mol. The van der Waals surface area contributed by atoms with Crippen molar-refractivity contribution in [1.29, 1.82) is 0 Å². The number of thioether (sulfide) groups is 1. The van der Waals surface area contributed by atoms with E-state index in [1.54, 1.807) is 24.2 Å². The highest BCUT2D eigenvalue weighted by atomic mass is 32.2. The molecule has 1 saturated heterocycles. The van der Waals surface area contributed by atoms with E-state index < -0.39 is 29.0 Å². The molecule has 1 fully saturated rings. The Hall–Kier alpha value is -3.85. The number of benzene rings is 1. The fourth-order valence-corrected chi connectivity index (χ4v) is 9.69. The first-order chi connectivity index (χ1) is 25.4. The molecule has 5 aromatic rings. The Kier molecular flexibility index (Phi) is 11.3. The van der Waals surface area contributed by atoms with Crippen LogP contribution in [-0.2, 0) is 19.3 Å². The summed E-state index contributed by atoms with van der Waals surface area (Å²) in [5.74, 6) is 9.00. The second-order valence-corrected chi connectivity index (χ2v) is 27.5. The lowest BCUT2D eigenvalue weighted by Gasteiger charge is -2.44. The summed E-state index contributed by atoms with van der Waals surface area (Å²) in [6, 6.07) is 11.9. The third kappa shape index (κ3) is 8.22. The van der Waals surface area contributed by atoms with E-state index in [1.807, 2.05) is 42.0 Å². The monoisotopic (exact) mass is 783 g/mol. The van der Waals surface area contributed by atoms with Crippen molar-refractivity contribution in [2.24, 2.45) is 0 Å². The molecule has 11 nitrogen and oxygen atoms in total. The Bertz CT molecular complexity index is 2130. The maximum Gasteiger partial charge on any atom is 0.192 e. The SMILES string of the molecule is Cc1noc(-c2ccccc2)c1CSC[C@H]1O[C@@H](n2cc(C#Cc3ccnnc3)c3c(N)ncnc32)[C@H](O[Si](C)(C)C(C)(C)C)[C@@H]1O[Si](C)(C)C(C)(C)C. The highest BCUT2D eigenvalue weighted by Crippen LogP contribution is 2.47. The normalized spacial score (nSPS) is 19.6. The van der Waals surface area contributed by atoms with Crippen LogP contribution in [0.25, 0.3) is 22.4 Å². The van der Waals surface area contributed by atoms with Crippen LogP contribution in [0.2, 0.25) is 36.3 Å². The topological polar surface area (TPSA) is 136 Å². The number of rotatable bonds is 10. The van der Waals surface area contributed by atoms with Crippen LogP contribution in [0, 0.1) is 18.8 Å². The fourth-order valence-electron chi connectivity index (χ4n) is 5.92. The smallest absolute Gasteiger partial charge is 0.192 e. The van der Waals surface area contributed by atoms with Crippen molar-refractivity contribution in [1.82, 2.24) is 29.9 Å². The van der Waals surface area contributed by atoms with Crippen LogP contribution in [0.15, 0.2) is 65.8 Å². The van der Waals surface area contributed by atoms with Crippen molar-refractivity contribution in [2.45, 2.75) is 115 Å². The number of anilines is 1. The Morgan fingerprint density at radius 1 is 0.907 bits per heavy atom. The summed E-state index contributed by atoms with van der Waals surface area (Å²) in [6.45, 7) is 24.7. The van der Waals surface area contributed by atoms with Gasteiger partial charge in [-0.3, -0.25) is 0 Å². The summed E-state index contributed by atoms with van der Waals surface area (Å²) >= 11 is 1.79. The molecule has 0 aliphatic carbocycles. The lowest BCUT2D eigenvalue weighted by atomic mass is 10.1. The average molecular weight is 784 g/mol. The van der Waals surface area contributed by atoms with Gasteiger partial charge in [0.15, 0.2) is 28.6 Å². The van der Waals surface area contributed by atoms with Crippen LogP contribution in [-0.4, -0.2) is 70.6 Å². The number of aromatic nitrogens is 6. The second kappa shape index (κ2) is 15.4.